The van der Waals surface area contributed by atoms with Crippen molar-refractivity contribution < 1.29 is 9.53 Å². The third-order valence-corrected chi connectivity index (χ3v) is 5.79. The molecule has 0 aromatic heterocycles. The second-order valence-corrected chi connectivity index (χ2v) is 7.35. The number of carbonyl (C=O) groups excluding carboxylic acids is 1. The summed E-state index contributed by atoms with van der Waals surface area (Å²) in [6.45, 7) is 4.05. The standard InChI is InChI=1S/C18H25BrN2O2/c1-23-12-16-13(6-5-7-17(16)19)14-10-20-11-15(14)18(22)21-8-3-2-4-9-21/h5-7,14-15,20H,2-4,8-12H2,1H3/t14-,15?/m0/s1. The summed E-state index contributed by atoms with van der Waals surface area (Å²) < 4.78 is 6.44. The van der Waals surface area contributed by atoms with Gasteiger partial charge in [-0.15, -0.1) is 0 Å². The third-order valence-electron chi connectivity index (χ3n) is 5.04. The van der Waals surface area contributed by atoms with Crippen LogP contribution in [-0.2, 0) is 16.1 Å². The molecule has 2 heterocycles. The number of benzene rings is 1. The van der Waals surface area contributed by atoms with E-state index >= 15 is 0 Å². The van der Waals surface area contributed by atoms with Crippen molar-refractivity contribution >= 4 is 21.8 Å². The lowest BCUT2D eigenvalue weighted by Crippen LogP contribution is -2.41. The number of rotatable bonds is 4. The zero-order chi connectivity index (χ0) is 16.2. The second-order valence-electron chi connectivity index (χ2n) is 6.50. The van der Waals surface area contributed by atoms with Gasteiger partial charge in [0.25, 0.3) is 0 Å². The number of nitrogens with zero attached hydrogens (tertiary/aromatic N) is 1. The van der Waals surface area contributed by atoms with Crippen molar-refractivity contribution in [3.63, 3.8) is 0 Å². The average Bonchev–Trinajstić information content (AvgIpc) is 3.06. The molecule has 2 aliphatic heterocycles. The van der Waals surface area contributed by atoms with Gasteiger partial charge in [0.2, 0.25) is 5.91 Å². The summed E-state index contributed by atoms with van der Waals surface area (Å²) in [6.07, 6.45) is 3.53. The van der Waals surface area contributed by atoms with Crippen LogP contribution >= 0.6 is 15.9 Å². The SMILES string of the molecule is COCc1c(Br)cccc1[C@@H]1CNCC1C(=O)N1CCCCC1. The Labute approximate surface area is 146 Å². The van der Waals surface area contributed by atoms with E-state index in [0.29, 0.717) is 12.5 Å². The van der Waals surface area contributed by atoms with Gasteiger partial charge in [-0.2, -0.15) is 0 Å². The molecule has 1 amide bonds. The highest BCUT2D eigenvalue weighted by molar-refractivity contribution is 9.10. The molecule has 4 nitrogen and oxygen atoms in total. The molecular weight excluding hydrogens is 356 g/mol. The predicted octanol–water partition coefficient (Wildman–Crippen LogP) is 2.91. The maximum atomic E-state index is 13.0. The number of amides is 1. The van der Waals surface area contributed by atoms with E-state index in [9.17, 15) is 4.79 Å². The van der Waals surface area contributed by atoms with Crippen LogP contribution in [0.4, 0.5) is 0 Å². The van der Waals surface area contributed by atoms with E-state index < -0.39 is 0 Å². The number of ether oxygens (including phenoxy) is 1. The van der Waals surface area contributed by atoms with Crippen molar-refractivity contribution in [2.24, 2.45) is 5.92 Å². The van der Waals surface area contributed by atoms with Gasteiger partial charge in [0.1, 0.15) is 0 Å². The Hall–Kier alpha value is -0.910. The van der Waals surface area contributed by atoms with Crippen molar-refractivity contribution in [2.45, 2.75) is 31.8 Å². The van der Waals surface area contributed by atoms with E-state index in [1.165, 1.54) is 17.5 Å². The van der Waals surface area contributed by atoms with E-state index in [1.807, 2.05) is 6.07 Å². The fourth-order valence-corrected chi connectivity index (χ4v) is 4.33. The van der Waals surface area contributed by atoms with Crippen molar-refractivity contribution in [2.75, 3.05) is 33.3 Å². The Morgan fingerprint density at radius 2 is 2.09 bits per heavy atom. The molecule has 23 heavy (non-hydrogen) atoms. The quantitative estimate of drug-likeness (QED) is 0.872. The lowest BCUT2D eigenvalue weighted by molar-refractivity contribution is -0.136. The summed E-state index contributed by atoms with van der Waals surface area (Å²) in [7, 11) is 1.71. The van der Waals surface area contributed by atoms with E-state index in [1.54, 1.807) is 7.11 Å². The predicted molar refractivity (Wildman–Crippen MR) is 94.4 cm³/mol. The Kier molecular flexibility index (Phi) is 5.72. The van der Waals surface area contributed by atoms with Crippen molar-refractivity contribution in [3.8, 4) is 0 Å². The van der Waals surface area contributed by atoms with Crippen molar-refractivity contribution in [1.82, 2.24) is 10.2 Å². The maximum absolute atomic E-state index is 13.0. The number of likely N-dealkylation sites (tertiary alicyclic amines) is 1. The van der Waals surface area contributed by atoms with Crippen LogP contribution in [0.3, 0.4) is 0 Å². The molecule has 0 spiro atoms. The van der Waals surface area contributed by atoms with Crippen LogP contribution in [0.15, 0.2) is 22.7 Å². The first-order valence-corrected chi connectivity index (χ1v) is 9.27. The molecule has 0 aliphatic carbocycles. The highest BCUT2D eigenvalue weighted by Crippen LogP contribution is 2.35. The number of hydrogen-bond donors (Lipinski definition) is 1. The van der Waals surface area contributed by atoms with Crippen LogP contribution < -0.4 is 5.32 Å². The molecule has 2 aliphatic rings. The summed E-state index contributed by atoms with van der Waals surface area (Å²) in [5, 5.41) is 3.43. The molecule has 5 heteroatoms. The van der Waals surface area contributed by atoms with Gasteiger partial charge in [0.05, 0.1) is 12.5 Å². The van der Waals surface area contributed by atoms with E-state index in [4.69, 9.17) is 4.74 Å². The molecule has 1 aromatic carbocycles. The molecule has 0 bridgehead atoms. The zero-order valence-electron chi connectivity index (χ0n) is 13.7. The van der Waals surface area contributed by atoms with Gasteiger partial charge in [-0.25, -0.2) is 0 Å². The molecule has 0 saturated carbocycles. The summed E-state index contributed by atoms with van der Waals surface area (Å²) in [4.78, 5) is 15.1. The first kappa shape index (κ1) is 16.9. The van der Waals surface area contributed by atoms with Crippen LogP contribution in [0.5, 0.6) is 0 Å². The number of halogens is 1. The van der Waals surface area contributed by atoms with Crippen LogP contribution in [0, 0.1) is 5.92 Å². The van der Waals surface area contributed by atoms with E-state index in [2.05, 4.69) is 38.3 Å². The summed E-state index contributed by atoms with van der Waals surface area (Å²) in [5.74, 6) is 0.591. The lowest BCUT2D eigenvalue weighted by atomic mass is 9.85. The van der Waals surface area contributed by atoms with E-state index in [-0.39, 0.29) is 11.8 Å². The van der Waals surface area contributed by atoms with Crippen LogP contribution in [0.25, 0.3) is 0 Å². The monoisotopic (exact) mass is 380 g/mol. The summed E-state index contributed by atoms with van der Waals surface area (Å²) >= 11 is 3.63. The molecule has 3 rings (SSSR count). The molecule has 1 N–H and O–H groups in total. The Bertz CT molecular complexity index is 558. The first-order chi connectivity index (χ1) is 11.2. The maximum Gasteiger partial charge on any atom is 0.227 e. The first-order valence-electron chi connectivity index (χ1n) is 8.48. The normalized spacial score (nSPS) is 24.9. The van der Waals surface area contributed by atoms with Crippen LogP contribution in [0.2, 0.25) is 0 Å². The molecule has 0 radical (unpaired) electrons. The fraction of sp³-hybridized carbons (Fsp3) is 0.611. The smallest absolute Gasteiger partial charge is 0.227 e. The molecule has 2 atom stereocenters. The minimum Gasteiger partial charge on any atom is -0.380 e. The summed E-state index contributed by atoms with van der Waals surface area (Å²) in [6, 6.07) is 6.24. The number of nitrogens with one attached hydrogen (secondary N) is 1. The summed E-state index contributed by atoms with van der Waals surface area (Å²) in [5.41, 5.74) is 2.40. The largest absolute Gasteiger partial charge is 0.380 e. The van der Waals surface area contributed by atoms with Gasteiger partial charge in [-0.3, -0.25) is 4.79 Å². The van der Waals surface area contributed by atoms with E-state index in [0.717, 1.165) is 43.5 Å². The van der Waals surface area contributed by atoms with Gasteiger partial charge < -0.3 is 15.0 Å². The Morgan fingerprint density at radius 1 is 1.30 bits per heavy atom. The zero-order valence-corrected chi connectivity index (χ0v) is 15.3. The fourth-order valence-electron chi connectivity index (χ4n) is 3.83. The highest BCUT2D eigenvalue weighted by Gasteiger charge is 2.37. The number of piperidine rings is 1. The number of carbonyl (C=O) groups is 1. The topological polar surface area (TPSA) is 41.6 Å². The molecular formula is C18H25BrN2O2. The van der Waals surface area contributed by atoms with Gasteiger partial charge in [-0.1, -0.05) is 28.1 Å². The van der Waals surface area contributed by atoms with Crippen molar-refractivity contribution in [3.05, 3.63) is 33.8 Å². The molecule has 1 aromatic rings. The molecule has 2 saturated heterocycles. The molecule has 126 valence electrons. The average molecular weight is 381 g/mol. The van der Waals surface area contributed by atoms with Crippen LogP contribution in [0.1, 0.15) is 36.3 Å². The second kappa shape index (κ2) is 7.77. The number of methoxy groups -OCH3 is 1. The van der Waals surface area contributed by atoms with Crippen LogP contribution in [-0.4, -0.2) is 44.1 Å². The lowest BCUT2D eigenvalue weighted by Gasteiger charge is -2.31. The Balaban J connectivity index is 1.84. The highest BCUT2D eigenvalue weighted by atomic mass is 79.9. The number of hydrogen-bond acceptors (Lipinski definition) is 3. The Morgan fingerprint density at radius 3 is 2.83 bits per heavy atom. The molecule has 1 unspecified atom stereocenters. The minimum atomic E-state index is 0.0398. The third kappa shape index (κ3) is 3.62. The van der Waals surface area contributed by atoms with Gasteiger partial charge in [0, 0.05) is 43.7 Å². The van der Waals surface area contributed by atoms with Gasteiger partial charge in [-0.05, 0) is 36.5 Å². The molecule has 2 fully saturated rings. The van der Waals surface area contributed by atoms with Gasteiger partial charge >= 0.3 is 0 Å². The minimum absolute atomic E-state index is 0.0398. The van der Waals surface area contributed by atoms with Gasteiger partial charge in [0.15, 0.2) is 0 Å². The van der Waals surface area contributed by atoms with Crippen molar-refractivity contribution in [1.29, 1.82) is 0 Å².